The molecule has 0 aromatic rings. The molecule has 3 N–H and O–H groups in total. The largest absolute Gasteiger partial charge is 0.395 e. The molecule has 0 rings (SSSR count). The molecule has 6 heavy (non-hydrogen) atoms. The Morgan fingerprint density at radius 3 is 1.50 bits per heavy atom. The van der Waals surface area contributed by atoms with Crippen molar-refractivity contribution in [3.05, 3.63) is 0 Å². The van der Waals surface area contributed by atoms with Gasteiger partial charge in [-0.05, 0) is 0 Å². The van der Waals surface area contributed by atoms with Crippen LogP contribution in [0.1, 0.15) is 0 Å². The molecule has 0 aliphatic rings. The van der Waals surface area contributed by atoms with E-state index in [0.29, 0.717) is 6.54 Å². The average Bonchev–Trinajstić information content (AvgIpc) is 1.37. The third-order valence-corrected chi connectivity index (χ3v) is 0.129. The number of hydrogen-bond acceptors (Lipinski definition) is 2. The summed E-state index contributed by atoms with van der Waals surface area (Å²) >= 11 is 0. The second-order valence-electron chi connectivity index (χ2n) is 0.512. The van der Waals surface area contributed by atoms with Crippen LogP contribution in [0.5, 0.6) is 0 Å². The van der Waals surface area contributed by atoms with Crippen molar-refractivity contribution in [1.29, 1.82) is 0 Å². The molecule has 0 unspecified atom stereocenters. The number of hydrogen-bond donors (Lipinski definition) is 2. The van der Waals surface area contributed by atoms with Crippen molar-refractivity contribution < 1.29 is 5.11 Å². The van der Waals surface area contributed by atoms with Crippen LogP contribution in [-0.2, 0) is 0 Å². The summed E-state index contributed by atoms with van der Waals surface area (Å²) in [6, 6.07) is 0. The van der Waals surface area contributed by atoms with Gasteiger partial charge < -0.3 is 10.8 Å². The number of aliphatic hydroxyl groups excluding tert-OH is 1. The standard InChI is InChI=1S/C2H7NO.2Li/c3-1-2-4;;/h4H,1-3H2;;. The maximum absolute atomic E-state index is 7.75. The smallest absolute Gasteiger partial charge is 0.0553 e. The minimum absolute atomic E-state index is 0. The summed E-state index contributed by atoms with van der Waals surface area (Å²) in [4.78, 5) is 0. The summed E-state index contributed by atoms with van der Waals surface area (Å²) in [5.41, 5.74) is 4.78. The maximum atomic E-state index is 7.75. The van der Waals surface area contributed by atoms with Gasteiger partial charge in [-0.1, -0.05) is 0 Å². The minimum atomic E-state index is 0. The fourth-order valence-electron chi connectivity index (χ4n) is 0. The van der Waals surface area contributed by atoms with Crippen molar-refractivity contribution in [3.63, 3.8) is 0 Å². The molecule has 0 spiro atoms. The Balaban J connectivity index is -0.0000000450. The Morgan fingerprint density at radius 1 is 1.33 bits per heavy atom. The van der Waals surface area contributed by atoms with Gasteiger partial charge >= 0.3 is 0 Å². The van der Waals surface area contributed by atoms with Crippen molar-refractivity contribution in [2.75, 3.05) is 13.2 Å². The van der Waals surface area contributed by atoms with E-state index in [0.717, 1.165) is 0 Å². The first-order valence-electron chi connectivity index (χ1n) is 1.22. The van der Waals surface area contributed by atoms with E-state index in [1.807, 2.05) is 0 Å². The summed E-state index contributed by atoms with van der Waals surface area (Å²) < 4.78 is 0. The first-order valence-corrected chi connectivity index (χ1v) is 1.22. The molecule has 2 radical (unpaired) electrons. The number of nitrogens with two attached hydrogens (primary N) is 1. The van der Waals surface area contributed by atoms with Gasteiger partial charge in [0.15, 0.2) is 0 Å². The summed E-state index contributed by atoms with van der Waals surface area (Å²) in [5.74, 6) is 0. The molecule has 0 amide bonds. The van der Waals surface area contributed by atoms with Gasteiger partial charge in [-0.2, -0.15) is 0 Å². The predicted molar refractivity (Wildman–Crippen MR) is 27.6 cm³/mol. The molecule has 0 saturated carbocycles. The monoisotopic (exact) mass is 75.1 g/mol. The second kappa shape index (κ2) is 16.5. The van der Waals surface area contributed by atoms with Gasteiger partial charge in [0.25, 0.3) is 0 Å². The second-order valence-corrected chi connectivity index (χ2v) is 0.512. The van der Waals surface area contributed by atoms with Crippen LogP contribution in [0.2, 0.25) is 0 Å². The molecule has 28 valence electrons. The minimum Gasteiger partial charge on any atom is -0.395 e. The first-order chi connectivity index (χ1) is 1.91. The molecule has 0 aliphatic heterocycles. The van der Waals surface area contributed by atoms with Crippen LogP contribution in [0.15, 0.2) is 0 Å². The third-order valence-electron chi connectivity index (χ3n) is 0.129. The molecule has 0 saturated heterocycles. The van der Waals surface area contributed by atoms with E-state index >= 15 is 0 Å². The Labute approximate surface area is 61.8 Å². The Hall–Kier alpha value is 1.11. The van der Waals surface area contributed by atoms with E-state index < -0.39 is 0 Å². The Kier molecular flexibility index (Phi) is 43.2. The summed E-state index contributed by atoms with van der Waals surface area (Å²) in [5, 5.41) is 7.75. The van der Waals surface area contributed by atoms with E-state index in [9.17, 15) is 0 Å². The topological polar surface area (TPSA) is 46.2 Å². The van der Waals surface area contributed by atoms with Gasteiger partial charge in [0.1, 0.15) is 0 Å². The zero-order valence-corrected chi connectivity index (χ0v) is 4.44. The van der Waals surface area contributed by atoms with Gasteiger partial charge in [0, 0.05) is 44.3 Å². The van der Waals surface area contributed by atoms with Crippen LogP contribution in [0, 0.1) is 0 Å². The maximum Gasteiger partial charge on any atom is 0.0553 e. The van der Waals surface area contributed by atoms with Crippen LogP contribution < -0.4 is 5.73 Å². The van der Waals surface area contributed by atoms with Crippen molar-refractivity contribution in [2.24, 2.45) is 5.73 Å². The van der Waals surface area contributed by atoms with Gasteiger partial charge in [-0.3, -0.25) is 0 Å². The third kappa shape index (κ3) is 19.4. The van der Waals surface area contributed by atoms with E-state index in [4.69, 9.17) is 10.8 Å². The Bertz CT molecular complexity index is 13.5. The average molecular weight is 75.0 g/mol. The van der Waals surface area contributed by atoms with Crippen LogP contribution in [0.25, 0.3) is 0 Å². The van der Waals surface area contributed by atoms with Crippen molar-refractivity contribution in [3.8, 4) is 0 Å². The summed E-state index contributed by atoms with van der Waals surface area (Å²) in [6.07, 6.45) is 0. The van der Waals surface area contributed by atoms with Gasteiger partial charge in [-0.15, -0.1) is 0 Å². The van der Waals surface area contributed by atoms with Crippen molar-refractivity contribution >= 4 is 37.7 Å². The fraction of sp³-hybridized carbons (Fsp3) is 1.00. The van der Waals surface area contributed by atoms with Gasteiger partial charge in [-0.25, -0.2) is 0 Å². The molecule has 2 nitrogen and oxygen atoms in total. The fourth-order valence-corrected chi connectivity index (χ4v) is 0. The van der Waals surface area contributed by atoms with Crippen LogP contribution in [0.4, 0.5) is 0 Å². The molecule has 0 heterocycles. The quantitative estimate of drug-likeness (QED) is 0.360. The Morgan fingerprint density at radius 2 is 1.50 bits per heavy atom. The number of aliphatic hydroxyl groups is 1. The van der Waals surface area contributed by atoms with E-state index in [2.05, 4.69) is 0 Å². The normalized spacial score (nSPS) is 5.00. The molecular formula is C2H7Li2NO. The van der Waals surface area contributed by atoms with Crippen LogP contribution in [-0.4, -0.2) is 56.0 Å². The molecule has 0 fully saturated rings. The molecular weight excluding hydrogens is 67.9 g/mol. The first kappa shape index (κ1) is 15.7. The molecule has 4 heteroatoms. The zero-order chi connectivity index (χ0) is 3.41. The van der Waals surface area contributed by atoms with Gasteiger partial charge in [0.2, 0.25) is 0 Å². The molecule has 0 atom stereocenters. The number of rotatable bonds is 1. The van der Waals surface area contributed by atoms with E-state index in [-0.39, 0.29) is 44.3 Å². The molecule has 0 bridgehead atoms. The molecule has 0 aromatic heterocycles. The van der Waals surface area contributed by atoms with Crippen LogP contribution >= 0.6 is 0 Å². The van der Waals surface area contributed by atoms with E-state index in [1.54, 1.807) is 0 Å². The van der Waals surface area contributed by atoms with Gasteiger partial charge in [0.05, 0.1) is 6.61 Å². The van der Waals surface area contributed by atoms with Crippen molar-refractivity contribution in [2.45, 2.75) is 0 Å². The van der Waals surface area contributed by atoms with E-state index in [1.165, 1.54) is 0 Å². The molecule has 0 aromatic carbocycles. The SMILES string of the molecule is NCCO.[Li].[Li]. The van der Waals surface area contributed by atoms with Crippen molar-refractivity contribution in [1.82, 2.24) is 0 Å². The zero-order valence-electron chi connectivity index (χ0n) is 4.44. The predicted octanol–water partition coefficient (Wildman–Crippen LogP) is -1.82. The summed E-state index contributed by atoms with van der Waals surface area (Å²) in [7, 11) is 0. The summed E-state index contributed by atoms with van der Waals surface area (Å²) in [6.45, 7) is 0.472. The molecule has 0 aliphatic carbocycles. The van der Waals surface area contributed by atoms with Crippen LogP contribution in [0.3, 0.4) is 0 Å².